The topological polar surface area (TPSA) is 116 Å². The normalized spacial score (nSPS) is 11.9. The molecule has 2 heterocycles. The lowest BCUT2D eigenvalue weighted by molar-refractivity contribution is -0.123. The molecule has 27 heavy (non-hydrogen) atoms. The van der Waals surface area contributed by atoms with Crippen LogP contribution >= 0.6 is 0 Å². The van der Waals surface area contributed by atoms with Crippen LogP contribution in [-0.2, 0) is 11.3 Å². The summed E-state index contributed by atoms with van der Waals surface area (Å²) in [6, 6.07) is 18.1. The van der Waals surface area contributed by atoms with E-state index in [9.17, 15) is 4.79 Å². The summed E-state index contributed by atoms with van der Waals surface area (Å²) in [5.74, 6) is 0.245. The van der Waals surface area contributed by atoms with Crippen molar-refractivity contribution in [1.82, 2.24) is 45.7 Å². The summed E-state index contributed by atoms with van der Waals surface area (Å²) < 4.78 is 2.99. The maximum absolute atomic E-state index is 12.9. The molecule has 1 amide bonds. The first-order chi connectivity index (χ1) is 13.3. The highest BCUT2D eigenvalue weighted by atomic mass is 16.2. The molecule has 2 aromatic heterocycles. The lowest BCUT2D eigenvalue weighted by Gasteiger charge is -2.16. The summed E-state index contributed by atoms with van der Waals surface area (Å²) in [7, 11) is 0. The highest BCUT2D eigenvalue weighted by Gasteiger charge is 2.24. The summed E-state index contributed by atoms with van der Waals surface area (Å²) in [6.45, 7) is 0.159. The highest BCUT2D eigenvalue weighted by molar-refractivity contribution is 5.83. The number of para-hydroxylation sites is 1. The van der Waals surface area contributed by atoms with Crippen LogP contribution in [0.3, 0.4) is 0 Å². The molecule has 0 spiro atoms. The van der Waals surface area contributed by atoms with Crippen molar-refractivity contribution in [3.05, 3.63) is 78.4 Å². The van der Waals surface area contributed by atoms with E-state index in [0.717, 1.165) is 11.3 Å². The minimum Gasteiger partial charge on any atom is -0.347 e. The van der Waals surface area contributed by atoms with Crippen molar-refractivity contribution in [3.8, 4) is 5.69 Å². The Morgan fingerprint density at radius 2 is 1.70 bits per heavy atom. The van der Waals surface area contributed by atoms with Crippen molar-refractivity contribution >= 4 is 5.91 Å². The van der Waals surface area contributed by atoms with Crippen LogP contribution in [0, 0.1) is 0 Å². The Labute approximate surface area is 153 Å². The monoisotopic (exact) mass is 361 g/mol. The number of hydrogen-bond donors (Lipinski definition) is 1. The summed E-state index contributed by atoms with van der Waals surface area (Å²) >= 11 is 0. The molecule has 0 aliphatic heterocycles. The molecule has 0 radical (unpaired) electrons. The zero-order valence-electron chi connectivity index (χ0n) is 14.1. The predicted octanol–water partition coefficient (Wildman–Crippen LogP) is 0.555. The fraction of sp³-hybridized carbons (Fsp3) is 0.118. The zero-order valence-corrected chi connectivity index (χ0v) is 14.1. The SMILES string of the molecule is O=C(NCc1nnnn1-c1ccccc1)[C@@H](c1ccccc1)n1cnnn1. The first kappa shape index (κ1) is 16.5. The van der Waals surface area contributed by atoms with E-state index in [1.54, 1.807) is 4.68 Å². The van der Waals surface area contributed by atoms with Gasteiger partial charge in [0, 0.05) is 0 Å². The van der Waals surface area contributed by atoms with Crippen LogP contribution in [0.15, 0.2) is 67.0 Å². The molecule has 1 N–H and O–H groups in total. The van der Waals surface area contributed by atoms with E-state index < -0.39 is 6.04 Å². The smallest absolute Gasteiger partial charge is 0.249 e. The molecule has 0 aliphatic carbocycles. The van der Waals surface area contributed by atoms with E-state index in [-0.39, 0.29) is 12.5 Å². The van der Waals surface area contributed by atoms with Gasteiger partial charge in [-0.2, -0.15) is 4.68 Å². The Balaban J connectivity index is 1.54. The molecule has 4 rings (SSSR count). The number of carbonyl (C=O) groups is 1. The standard InChI is InChI=1S/C17H15N9O/c27-17(16(25-12-19-21-23-25)13-7-3-1-4-8-13)18-11-15-20-22-24-26(15)14-9-5-2-6-10-14/h1-10,12,16H,11H2,(H,18,27)/t16-/m1/s1. The largest absolute Gasteiger partial charge is 0.347 e. The van der Waals surface area contributed by atoms with Gasteiger partial charge >= 0.3 is 0 Å². The average molecular weight is 361 g/mol. The minimum absolute atomic E-state index is 0.159. The van der Waals surface area contributed by atoms with Gasteiger partial charge in [0.2, 0.25) is 5.91 Å². The van der Waals surface area contributed by atoms with E-state index in [2.05, 4.69) is 36.4 Å². The Morgan fingerprint density at radius 1 is 0.963 bits per heavy atom. The molecule has 0 fully saturated rings. The Morgan fingerprint density at radius 3 is 2.41 bits per heavy atom. The number of nitrogens with zero attached hydrogens (tertiary/aromatic N) is 8. The fourth-order valence-electron chi connectivity index (χ4n) is 2.69. The number of amides is 1. The summed E-state index contributed by atoms with van der Waals surface area (Å²) in [5, 5.41) is 25.7. The summed E-state index contributed by atoms with van der Waals surface area (Å²) in [6.07, 6.45) is 1.41. The predicted molar refractivity (Wildman–Crippen MR) is 93.4 cm³/mol. The fourth-order valence-corrected chi connectivity index (χ4v) is 2.69. The Bertz CT molecular complexity index is 999. The van der Waals surface area contributed by atoms with Crippen molar-refractivity contribution < 1.29 is 4.79 Å². The Kier molecular flexibility index (Phi) is 4.60. The number of nitrogens with one attached hydrogen (secondary N) is 1. The summed E-state index contributed by atoms with van der Waals surface area (Å²) in [4.78, 5) is 12.9. The van der Waals surface area contributed by atoms with E-state index in [0.29, 0.717) is 5.82 Å². The number of hydrogen-bond acceptors (Lipinski definition) is 7. The van der Waals surface area contributed by atoms with Crippen LogP contribution in [-0.4, -0.2) is 46.3 Å². The van der Waals surface area contributed by atoms with Crippen LogP contribution in [0.25, 0.3) is 5.69 Å². The second-order valence-corrected chi connectivity index (χ2v) is 5.66. The molecule has 1 atom stereocenters. The van der Waals surface area contributed by atoms with Gasteiger partial charge in [-0.1, -0.05) is 48.5 Å². The number of aromatic nitrogens is 8. The van der Waals surface area contributed by atoms with E-state index >= 15 is 0 Å². The number of carbonyl (C=O) groups excluding carboxylic acids is 1. The van der Waals surface area contributed by atoms with Gasteiger partial charge in [0.05, 0.1) is 12.2 Å². The lowest BCUT2D eigenvalue weighted by Crippen LogP contribution is -2.34. The number of benzene rings is 2. The maximum Gasteiger partial charge on any atom is 0.249 e. The molecule has 134 valence electrons. The van der Waals surface area contributed by atoms with Gasteiger partial charge in [-0.25, -0.2) is 4.68 Å². The van der Waals surface area contributed by atoms with Gasteiger partial charge in [-0.3, -0.25) is 4.79 Å². The van der Waals surface area contributed by atoms with Gasteiger partial charge < -0.3 is 5.32 Å². The third-order valence-corrected chi connectivity index (χ3v) is 3.95. The second kappa shape index (κ2) is 7.52. The Hall–Kier alpha value is -3.95. The van der Waals surface area contributed by atoms with Crippen molar-refractivity contribution in [2.24, 2.45) is 0 Å². The molecule has 0 aliphatic rings. The van der Waals surface area contributed by atoms with Gasteiger partial charge in [-0.15, -0.1) is 10.2 Å². The third kappa shape index (κ3) is 3.54. The first-order valence-electron chi connectivity index (χ1n) is 8.21. The molecule has 0 unspecified atom stereocenters. The van der Waals surface area contributed by atoms with Crippen LogP contribution < -0.4 is 5.32 Å². The molecule has 4 aromatic rings. The lowest BCUT2D eigenvalue weighted by atomic mass is 10.1. The van der Waals surface area contributed by atoms with Gasteiger partial charge in [-0.05, 0) is 38.5 Å². The third-order valence-electron chi connectivity index (χ3n) is 3.95. The van der Waals surface area contributed by atoms with E-state index in [4.69, 9.17) is 0 Å². The van der Waals surface area contributed by atoms with Gasteiger partial charge in [0.1, 0.15) is 6.33 Å². The molecule has 10 nitrogen and oxygen atoms in total. The highest BCUT2D eigenvalue weighted by Crippen LogP contribution is 2.17. The molecule has 10 heteroatoms. The number of rotatable bonds is 6. The van der Waals surface area contributed by atoms with Gasteiger partial charge in [0.25, 0.3) is 0 Å². The van der Waals surface area contributed by atoms with Crippen molar-refractivity contribution in [2.75, 3.05) is 0 Å². The summed E-state index contributed by atoms with van der Waals surface area (Å²) in [5.41, 5.74) is 1.58. The second-order valence-electron chi connectivity index (χ2n) is 5.66. The van der Waals surface area contributed by atoms with Crippen molar-refractivity contribution in [2.45, 2.75) is 12.6 Å². The van der Waals surface area contributed by atoms with Crippen LogP contribution in [0.4, 0.5) is 0 Å². The molecule has 0 saturated carbocycles. The van der Waals surface area contributed by atoms with Crippen LogP contribution in [0.5, 0.6) is 0 Å². The quantitative estimate of drug-likeness (QED) is 0.533. The average Bonchev–Trinajstić information content (AvgIpc) is 3.40. The minimum atomic E-state index is -0.692. The molecule has 0 saturated heterocycles. The van der Waals surface area contributed by atoms with Crippen LogP contribution in [0.1, 0.15) is 17.4 Å². The molecule has 2 aromatic carbocycles. The first-order valence-corrected chi connectivity index (χ1v) is 8.21. The molecular formula is C17H15N9O. The van der Waals surface area contributed by atoms with Crippen molar-refractivity contribution in [3.63, 3.8) is 0 Å². The molecule has 0 bridgehead atoms. The maximum atomic E-state index is 12.9. The van der Waals surface area contributed by atoms with Crippen molar-refractivity contribution in [1.29, 1.82) is 0 Å². The van der Waals surface area contributed by atoms with E-state index in [1.165, 1.54) is 11.0 Å². The zero-order chi connectivity index (χ0) is 18.5. The van der Waals surface area contributed by atoms with Crippen LogP contribution in [0.2, 0.25) is 0 Å². The molecular weight excluding hydrogens is 346 g/mol. The number of tetrazole rings is 2. The van der Waals surface area contributed by atoms with Gasteiger partial charge in [0.15, 0.2) is 11.9 Å². The van der Waals surface area contributed by atoms with E-state index in [1.807, 2.05) is 60.7 Å².